The summed E-state index contributed by atoms with van der Waals surface area (Å²) in [6, 6.07) is 3.98. The van der Waals surface area contributed by atoms with Gasteiger partial charge in [0, 0.05) is 6.04 Å². The predicted octanol–water partition coefficient (Wildman–Crippen LogP) is 3.69. The summed E-state index contributed by atoms with van der Waals surface area (Å²) in [6.07, 6.45) is 4.87. The Morgan fingerprint density at radius 1 is 1.19 bits per heavy atom. The van der Waals surface area contributed by atoms with Crippen LogP contribution in [0.1, 0.15) is 44.2 Å². The minimum absolute atomic E-state index is 0.0924. The van der Waals surface area contributed by atoms with E-state index >= 15 is 0 Å². The molecule has 4 nitrogen and oxygen atoms in total. The van der Waals surface area contributed by atoms with Crippen molar-refractivity contribution in [3.05, 3.63) is 22.7 Å². The molecule has 2 rings (SSSR count). The van der Waals surface area contributed by atoms with Gasteiger partial charge in [0.1, 0.15) is 0 Å². The predicted molar refractivity (Wildman–Crippen MR) is 85.7 cm³/mol. The Morgan fingerprint density at radius 2 is 1.86 bits per heavy atom. The molecule has 0 amide bonds. The van der Waals surface area contributed by atoms with Crippen LogP contribution in [0, 0.1) is 11.8 Å². The lowest BCUT2D eigenvalue weighted by molar-refractivity contribution is 0.232. The second-order valence-electron chi connectivity index (χ2n) is 5.90. The number of nitrogens with two attached hydrogens (primary N) is 1. The average Bonchev–Trinajstić information content (AvgIpc) is 2.49. The summed E-state index contributed by atoms with van der Waals surface area (Å²) in [7, 11) is 3.20. The molecule has 0 radical (unpaired) electrons. The van der Waals surface area contributed by atoms with E-state index in [0.717, 1.165) is 11.5 Å². The van der Waals surface area contributed by atoms with Gasteiger partial charge in [0.05, 0.1) is 19.2 Å². The minimum Gasteiger partial charge on any atom is -0.493 e. The number of hydrazine groups is 1. The molecule has 0 spiro atoms. The van der Waals surface area contributed by atoms with Crippen molar-refractivity contribution in [1.82, 2.24) is 5.43 Å². The quantitative estimate of drug-likeness (QED) is 0.643. The molecular formula is C16H25ClN2O2. The van der Waals surface area contributed by atoms with E-state index in [4.69, 9.17) is 26.9 Å². The molecule has 0 heterocycles. The summed E-state index contributed by atoms with van der Waals surface area (Å²) in [5.41, 5.74) is 4.02. The van der Waals surface area contributed by atoms with Crippen molar-refractivity contribution in [2.24, 2.45) is 17.7 Å². The highest BCUT2D eigenvalue weighted by Gasteiger charge is 2.28. The molecule has 1 saturated carbocycles. The minimum atomic E-state index is 0.0924. The topological polar surface area (TPSA) is 56.5 Å². The maximum Gasteiger partial charge on any atom is 0.179 e. The molecule has 1 aromatic rings. The van der Waals surface area contributed by atoms with E-state index in [1.165, 1.54) is 25.7 Å². The van der Waals surface area contributed by atoms with Crippen molar-refractivity contribution in [2.45, 2.75) is 38.6 Å². The third-order valence-electron chi connectivity index (χ3n) is 4.53. The van der Waals surface area contributed by atoms with Crippen LogP contribution >= 0.6 is 11.6 Å². The Bertz CT molecular complexity index is 474. The first kappa shape index (κ1) is 16.4. The molecule has 3 N–H and O–H groups in total. The first-order valence-electron chi connectivity index (χ1n) is 7.48. The fourth-order valence-electron chi connectivity index (χ4n) is 3.24. The molecule has 5 heteroatoms. The highest BCUT2D eigenvalue weighted by Crippen LogP contribution is 2.41. The van der Waals surface area contributed by atoms with Crippen molar-refractivity contribution in [1.29, 1.82) is 0 Å². The molecule has 0 aliphatic heterocycles. The van der Waals surface area contributed by atoms with Gasteiger partial charge >= 0.3 is 0 Å². The molecule has 1 unspecified atom stereocenters. The van der Waals surface area contributed by atoms with Crippen LogP contribution in [0.25, 0.3) is 0 Å². The number of halogens is 1. The Kier molecular flexibility index (Phi) is 5.73. The van der Waals surface area contributed by atoms with Crippen molar-refractivity contribution in [3.8, 4) is 11.5 Å². The Balaban J connectivity index is 2.27. The zero-order valence-corrected chi connectivity index (χ0v) is 13.7. The third-order valence-corrected chi connectivity index (χ3v) is 4.81. The maximum absolute atomic E-state index is 6.30. The van der Waals surface area contributed by atoms with Gasteiger partial charge in [-0.2, -0.15) is 0 Å². The summed E-state index contributed by atoms with van der Waals surface area (Å²) in [6.45, 7) is 2.31. The number of rotatable bonds is 5. The first-order valence-corrected chi connectivity index (χ1v) is 7.86. The van der Waals surface area contributed by atoms with Gasteiger partial charge in [0.15, 0.2) is 11.5 Å². The first-order chi connectivity index (χ1) is 10.1. The van der Waals surface area contributed by atoms with Crippen molar-refractivity contribution in [3.63, 3.8) is 0 Å². The van der Waals surface area contributed by atoms with Crippen LogP contribution in [0.4, 0.5) is 0 Å². The van der Waals surface area contributed by atoms with E-state index in [9.17, 15) is 0 Å². The van der Waals surface area contributed by atoms with E-state index in [-0.39, 0.29) is 6.04 Å². The highest BCUT2D eigenvalue weighted by molar-refractivity contribution is 6.32. The second-order valence-corrected chi connectivity index (χ2v) is 6.31. The number of methoxy groups -OCH3 is 2. The van der Waals surface area contributed by atoms with Crippen LogP contribution in [0.3, 0.4) is 0 Å². The van der Waals surface area contributed by atoms with Crippen LogP contribution in [-0.4, -0.2) is 14.2 Å². The van der Waals surface area contributed by atoms with Gasteiger partial charge in [0.2, 0.25) is 0 Å². The molecule has 21 heavy (non-hydrogen) atoms. The lowest BCUT2D eigenvalue weighted by Gasteiger charge is -2.33. The van der Waals surface area contributed by atoms with Gasteiger partial charge < -0.3 is 9.47 Å². The zero-order valence-electron chi connectivity index (χ0n) is 13.0. The molecule has 0 saturated heterocycles. The molecular weight excluding hydrogens is 288 g/mol. The van der Waals surface area contributed by atoms with Crippen molar-refractivity contribution in [2.75, 3.05) is 14.2 Å². The molecule has 0 bridgehead atoms. The summed E-state index contributed by atoms with van der Waals surface area (Å²) in [5.74, 6) is 8.37. The van der Waals surface area contributed by atoms with Crippen LogP contribution in [0.15, 0.2) is 12.1 Å². The molecule has 1 aliphatic rings. The maximum atomic E-state index is 6.30. The second kappa shape index (κ2) is 7.34. The van der Waals surface area contributed by atoms with Gasteiger partial charge in [-0.25, -0.2) is 0 Å². The van der Waals surface area contributed by atoms with Gasteiger partial charge in [-0.3, -0.25) is 11.3 Å². The van der Waals surface area contributed by atoms with Crippen LogP contribution in [0.2, 0.25) is 5.02 Å². The Morgan fingerprint density at radius 3 is 2.38 bits per heavy atom. The van der Waals surface area contributed by atoms with Crippen molar-refractivity contribution < 1.29 is 9.47 Å². The van der Waals surface area contributed by atoms with Crippen LogP contribution < -0.4 is 20.7 Å². The van der Waals surface area contributed by atoms with Crippen LogP contribution in [-0.2, 0) is 0 Å². The van der Waals surface area contributed by atoms with E-state index in [1.54, 1.807) is 14.2 Å². The number of hydrogen-bond donors (Lipinski definition) is 2. The third kappa shape index (κ3) is 3.62. The van der Waals surface area contributed by atoms with E-state index in [2.05, 4.69) is 12.3 Å². The average molecular weight is 313 g/mol. The summed E-state index contributed by atoms with van der Waals surface area (Å²) >= 11 is 6.30. The number of hydrogen-bond acceptors (Lipinski definition) is 4. The highest BCUT2D eigenvalue weighted by atomic mass is 35.5. The Hall–Kier alpha value is -0.970. The molecule has 1 aliphatic carbocycles. The SMILES string of the molecule is COc1cc(C(NN)C2CCC(C)CC2)cc(Cl)c1OC. The molecule has 1 atom stereocenters. The Labute approximate surface area is 131 Å². The fourth-order valence-corrected chi connectivity index (χ4v) is 3.54. The molecule has 1 aromatic carbocycles. The summed E-state index contributed by atoms with van der Waals surface area (Å²) < 4.78 is 10.7. The van der Waals surface area contributed by atoms with Gasteiger partial charge in [-0.05, 0) is 42.4 Å². The normalized spacial score (nSPS) is 23.7. The van der Waals surface area contributed by atoms with Crippen molar-refractivity contribution >= 4 is 11.6 Å². The van der Waals surface area contributed by atoms with E-state index < -0.39 is 0 Å². The number of ether oxygens (including phenoxy) is 2. The smallest absolute Gasteiger partial charge is 0.179 e. The number of benzene rings is 1. The van der Waals surface area contributed by atoms with Crippen LogP contribution in [0.5, 0.6) is 11.5 Å². The number of nitrogens with one attached hydrogen (secondary N) is 1. The zero-order chi connectivity index (χ0) is 15.4. The lowest BCUT2D eigenvalue weighted by atomic mass is 9.77. The van der Waals surface area contributed by atoms with Gasteiger partial charge in [-0.15, -0.1) is 0 Å². The van der Waals surface area contributed by atoms with E-state index in [0.29, 0.717) is 22.4 Å². The molecule has 118 valence electrons. The monoisotopic (exact) mass is 312 g/mol. The lowest BCUT2D eigenvalue weighted by Crippen LogP contribution is -2.35. The largest absolute Gasteiger partial charge is 0.493 e. The van der Waals surface area contributed by atoms with Gasteiger partial charge in [0.25, 0.3) is 0 Å². The fraction of sp³-hybridized carbons (Fsp3) is 0.625. The van der Waals surface area contributed by atoms with Gasteiger partial charge in [-0.1, -0.05) is 31.4 Å². The molecule has 1 fully saturated rings. The summed E-state index contributed by atoms with van der Waals surface area (Å²) in [4.78, 5) is 0. The summed E-state index contributed by atoms with van der Waals surface area (Å²) in [5, 5.41) is 0.552. The van der Waals surface area contributed by atoms with E-state index in [1.807, 2.05) is 12.1 Å². The standard InChI is InChI=1S/C16H25ClN2O2/c1-10-4-6-11(7-5-10)15(19-18)12-8-13(17)16(21-3)14(9-12)20-2/h8-11,15,19H,4-7,18H2,1-3H3. The molecule has 0 aromatic heterocycles.